The minimum absolute atomic E-state index is 0.168. The summed E-state index contributed by atoms with van der Waals surface area (Å²) in [6.07, 6.45) is 1.57. The van der Waals surface area contributed by atoms with E-state index in [0.717, 1.165) is 6.42 Å². The first kappa shape index (κ1) is 15.8. The first-order valence-electron chi connectivity index (χ1n) is 7.13. The minimum Gasteiger partial charge on any atom is -0.477 e. The van der Waals surface area contributed by atoms with Crippen molar-refractivity contribution < 1.29 is 9.90 Å². The van der Waals surface area contributed by atoms with Crippen LogP contribution in [-0.4, -0.2) is 26.2 Å². The Labute approximate surface area is 128 Å². The highest BCUT2D eigenvalue weighted by atomic mass is 16.4. The molecule has 0 atom stereocenters. The molecule has 0 unspecified atom stereocenters. The van der Waals surface area contributed by atoms with E-state index in [1.165, 1.54) is 9.36 Å². The summed E-state index contributed by atoms with van der Waals surface area (Å²) < 4.78 is 2.86. The molecule has 0 fully saturated rings. The van der Waals surface area contributed by atoms with Gasteiger partial charge in [-0.05, 0) is 18.6 Å². The van der Waals surface area contributed by atoms with Crippen LogP contribution in [0.2, 0.25) is 0 Å². The van der Waals surface area contributed by atoms with Crippen LogP contribution in [0.5, 0.6) is 0 Å². The summed E-state index contributed by atoms with van der Waals surface area (Å²) in [7, 11) is 1.65. The van der Waals surface area contributed by atoms with Crippen molar-refractivity contribution in [2.45, 2.75) is 26.2 Å². The highest BCUT2D eigenvalue weighted by molar-refractivity contribution is 5.92. The first-order chi connectivity index (χ1) is 10.5. The van der Waals surface area contributed by atoms with Gasteiger partial charge in [0, 0.05) is 19.2 Å². The second-order valence-electron chi connectivity index (χ2n) is 5.13. The van der Waals surface area contributed by atoms with Crippen molar-refractivity contribution in [1.82, 2.24) is 9.36 Å². The summed E-state index contributed by atoms with van der Waals surface area (Å²) in [5.41, 5.74) is 0.559. The van der Waals surface area contributed by atoms with Gasteiger partial charge in [-0.3, -0.25) is 9.48 Å². The lowest BCUT2D eigenvalue weighted by molar-refractivity contribution is 0.0694. The first-order valence-corrected chi connectivity index (χ1v) is 7.13. The third-order valence-electron chi connectivity index (χ3n) is 3.53. The number of aromatic carboxylic acids is 1. The van der Waals surface area contributed by atoms with Crippen LogP contribution in [0.15, 0.2) is 35.1 Å². The molecule has 2 aromatic rings. The normalized spacial score (nSPS) is 10.6. The molecule has 0 radical (unpaired) electrons. The Morgan fingerprint density at radius 1 is 1.27 bits per heavy atom. The topological polar surface area (TPSA) is 88.1 Å². The molecule has 22 heavy (non-hydrogen) atoms. The van der Waals surface area contributed by atoms with Crippen molar-refractivity contribution in [3.63, 3.8) is 0 Å². The molecule has 0 spiro atoms. The SMILES string of the molecule is CCCC(=N)Cc1c(C(=O)O)c(=O)n(-c2ccccc2)n1C. The molecule has 2 rings (SSSR count). The predicted octanol–water partition coefficient (Wildman–Crippen LogP) is 2.24. The minimum atomic E-state index is -1.26. The lowest BCUT2D eigenvalue weighted by atomic mass is 10.1. The van der Waals surface area contributed by atoms with Crippen LogP contribution in [0.1, 0.15) is 35.8 Å². The Bertz CT molecular complexity index is 757. The second-order valence-corrected chi connectivity index (χ2v) is 5.13. The quantitative estimate of drug-likeness (QED) is 0.802. The van der Waals surface area contributed by atoms with Gasteiger partial charge in [-0.1, -0.05) is 31.5 Å². The molecule has 6 heteroatoms. The van der Waals surface area contributed by atoms with E-state index in [0.29, 0.717) is 23.5 Å². The van der Waals surface area contributed by atoms with E-state index >= 15 is 0 Å². The van der Waals surface area contributed by atoms with E-state index in [1.54, 1.807) is 31.3 Å². The number of nitrogens with one attached hydrogen (secondary N) is 1. The fourth-order valence-electron chi connectivity index (χ4n) is 2.52. The zero-order valence-corrected chi connectivity index (χ0v) is 12.7. The van der Waals surface area contributed by atoms with E-state index in [-0.39, 0.29) is 12.0 Å². The van der Waals surface area contributed by atoms with Gasteiger partial charge in [0.1, 0.15) is 5.56 Å². The Balaban J connectivity index is 2.61. The number of carbonyl (C=O) groups is 1. The number of hydrogen-bond acceptors (Lipinski definition) is 3. The van der Waals surface area contributed by atoms with Crippen molar-refractivity contribution in [3.8, 4) is 5.69 Å². The summed E-state index contributed by atoms with van der Waals surface area (Å²) in [5, 5.41) is 17.3. The van der Waals surface area contributed by atoms with Gasteiger partial charge in [-0.15, -0.1) is 0 Å². The highest BCUT2D eigenvalue weighted by Crippen LogP contribution is 2.13. The molecule has 0 bridgehead atoms. The number of para-hydroxylation sites is 1. The van der Waals surface area contributed by atoms with Crippen molar-refractivity contribution in [2.24, 2.45) is 7.05 Å². The van der Waals surface area contributed by atoms with Crippen molar-refractivity contribution in [3.05, 3.63) is 51.9 Å². The zero-order chi connectivity index (χ0) is 16.3. The lowest BCUT2D eigenvalue weighted by Crippen LogP contribution is -2.22. The average molecular weight is 301 g/mol. The van der Waals surface area contributed by atoms with Crippen LogP contribution < -0.4 is 5.56 Å². The van der Waals surface area contributed by atoms with Gasteiger partial charge in [0.2, 0.25) is 0 Å². The summed E-state index contributed by atoms with van der Waals surface area (Å²) in [5.74, 6) is -1.26. The molecule has 1 aromatic carbocycles. The van der Waals surface area contributed by atoms with Gasteiger partial charge in [-0.2, -0.15) is 0 Å². The molecule has 116 valence electrons. The van der Waals surface area contributed by atoms with Crippen LogP contribution in [0.25, 0.3) is 5.69 Å². The standard InChI is InChI=1S/C16H19N3O3/c1-3-7-11(17)10-13-14(16(21)22)15(20)19(18(13)2)12-8-5-4-6-9-12/h4-6,8-9,17H,3,7,10H2,1-2H3,(H,21,22). The summed E-state index contributed by atoms with van der Waals surface area (Å²) in [4.78, 5) is 24.0. The van der Waals surface area contributed by atoms with Gasteiger partial charge in [0.15, 0.2) is 0 Å². The molecule has 2 N–H and O–H groups in total. The fraction of sp³-hybridized carbons (Fsp3) is 0.312. The third kappa shape index (κ3) is 2.86. The van der Waals surface area contributed by atoms with Crippen LogP contribution in [0, 0.1) is 5.41 Å². The number of carboxylic acids is 1. The molecule has 1 aromatic heterocycles. The van der Waals surface area contributed by atoms with E-state index in [9.17, 15) is 14.7 Å². The molecule has 0 saturated heterocycles. The largest absolute Gasteiger partial charge is 0.477 e. The molecular formula is C16H19N3O3. The highest BCUT2D eigenvalue weighted by Gasteiger charge is 2.24. The van der Waals surface area contributed by atoms with Crippen molar-refractivity contribution >= 4 is 11.7 Å². The number of rotatable bonds is 6. The van der Waals surface area contributed by atoms with Crippen LogP contribution in [0.3, 0.4) is 0 Å². The maximum atomic E-state index is 12.5. The third-order valence-corrected chi connectivity index (χ3v) is 3.53. The van der Waals surface area contributed by atoms with Crippen molar-refractivity contribution in [1.29, 1.82) is 5.41 Å². The van der Waals surface area contributed by atoms with Gasteiger partial charge in [0.05, 0.1) is 11.4 Å². The summed E-state index contributed by atoms with van der Waals surface area (Å²) in [6.45, 7) is 1.96. The van der Waals surface area contributed by atoms with E-state index < -0.39 is 11.5 Å². The van der Waals surface area contributed by atoms with Crippen LogP contribution in [0.4, 0.5) is 0 Å². The molecule has 0 aliphatic rings. The second kappa shape index (κ2) is 6.43. The van der Waals surface area contributed by atoms with E-state index in [1.807, 2.05) is 13.0 Å². The maximum absolute atomic E-state index is 12.5. The molecule has 1 heterocycles. The lowest BCUT2D eigenvalue weighted by Gasteiger charge is -2.10. The number of hydrogen-bond donors (Lipinski definition) is 2. The average Bonchev–Trinajstić information content (AvgIpc) is 2.71. The van der Waals surface area contributed by atoms with Gasteiger partial charge in [0.25, 0.3) is 5.56 Å². The number of carboxylic acid groups (broad SMARTS) is 1. The number of benzene rings is 1. The summed E-state index contributed by atoms with van der Waals surface area (Å²) in [6, 6.07) is 8.89. The number of aromatic nitrogens is 2. The molecule has 6 nitrogen and oxygen atoms in total. The zero-order valence-electron chi connectivity index (χ0n) is 12.7. The van der Waals surface area contributed by atoms with Crippen LogP contribution in [-0.2, 0) is 13.5 Å². The van der Waals surface area contributed by atoms with E-state index in [4.69, 9.17) is 5.41 Å². The molecule has 0 saturated carbocycles. The Morgan fingerprint density at radius 3 is 2.45 bits per heavy atom. The smallest absolute Gasteiger partial charge is 0.343 e. The van der Waals surface area contributed by atoms with E-state index in [2.05, 4.69) is 0 Å². The monoisotopic (exact) mass is 301 g/mol. The van der Waals surface area contributed by atoms with Crippen LogP contribution >= 0.6 is 0 Å². The Morgan fingerprint density at radius 2 is 1.91 bits per heavy atom. The van der Waals surface area contributed by atoms with Crippen molar-refractivity contribution in [2.75, 3.05) is 0 Å². The molecule has 0 aliphatic heterocycles. The number of nitrogens with zero attached hydrogens (tertiary/aromatic N) is 2. The predicted molar refractivity (Wildman–Crippen MR) is 84.3 cm³/mol. The van der Waals surface area contributed by atoms with Gasteiger partial charge in [-0.25, -0.2) is 9.48 Å². The Hall–Kier alpha value is -2.63. The fourth-order valence-corrected chi connectivity index (χ4v) is 2.52. The van der Waals surface area contributed by atoms with Gasteiger partial charge >= 0.3 is 5.97 Å². The molecule has 0 aliphatic carbocycles. The maximum Gasteiger partial charge on any atom is 0.343 e. The summed E-state index contributed by atoms with van der Waals surface area (Å²) >= 11 is 0. The van der Waals surface area contributed by atoms with Gasteiger partial charge < -0.3 is 10.5 Å². The Kier molecular flexibility index (Phi) is 4.60. The molecule has 0 amide bonds. The molecular weight excluding hydrogens is 282 g/mol.